The lowest BCUT2D eigenvalue weighted by Gasteiger charge is -2.34. The molecular formula is C49H41N. The van der Waals surface area contributed by atoms with E-state index in [0.717, 1.165) is 19.6 Å². The zero-order valence-electron chi connectivity index (χ0n) is 28.8. The third-order valence-electron chi connectivity index (χ3n) is 11.5. The number of hydrogen-bond acceptors (Lipinski definition) is 1. The fourth-order valence-electron chi connectivity index (χ4n) is 9.11. The van der Waals surface area contributed by atoms with Gasteiger partial charge in [0.2, 0.25) is 0 Å². The number of hydrogen-bond donors (Lipinski definition) is 0. The fourth-order valence-corrected chi connectivity index (χ4v) is 9.11. The molecule has 0 N–H and O–H groups in total. The van der Waals surface area contributed by atoms with Gasteiger partial charge in [0.05, 0.1) is 5.41 Å². The molecule has 9 rings (SSSR count). The van der Waals surface area contributed by atoms with E-state index in [4.69, 9.17) is 0 Å². The molecule has 1 nitrogen and oxygen atoms in total. The van der Waals surface area contributed by atoms with Crippen LogP contribution < -0.4 is 0 Å². The predicted molar refractivity (Wildman–Crippen MR) is 207 cm³/mol. The fraction of sp³-hybridized carbons (Fsp3) is 0.143. The van der Waals surface area contributed by atoms with E-state index in [2.05, 4.69) is 195 Å². The minimum Gasteiger partial charge on any atom is -0.295 e. The standard InChI is InChI=1S/C49H41N/c1-3-50(33-35-27-29-42-40-23-13-15-25-44(40)48(2,46(42)31-35)37-17-7-4-8-18-37)34-36-28-30-43-41-24-14-16-26-45(41)49(47(43)32-36,38-19-9-5-10-20-38)39-21-11-6-12-22-39/h4-32H,3,33-34H2,1-2H3. The molecule has 0 amide bonds. The second kappa shape index (κ2) is 12.1. The Hall–Kier alpha value is -5.50. The summed E-state index contributed by atoms with van der Waals surface area (Å²) in [6.07, 6.45) is 0. The molecule has 2 aliphatic rings. The van der Waals surface area contributed by atoms with Gasteiger partial charge in [-0.05, 0) is 85.8 Å². The molecule has 1 unspecified atom stereocenters. The van der Waals surface area contributed by atoms with Gasteiger partial charge >= 0.3 is 0 Å². The normalized spacial score (nSPS) is 16.5. The summed E-state index contributed by atoms with van der Waals surface area (Å²) in [4.78, 5) is 2.58. The first-order chi connectivity index (χ1) is 24.6. The Labute approximate surface area is 296 Å². The molecule has 0 bridgehead atoms. The van der Waals surface area contributed by atoms with Crippen molar-refractivity contribution >= 4 is 0 Å². The van der Waals surface area contributed by atoms with Crippen LogP contribution in [0.2, 0.25) is 0 Å². The number of benzene rings is 7. The molecule has 2 aliphatic carbocycles. The second-order valence-corrected chi connectivity index (χ2v) is 14.1. The average molecular weight is 644 g/mol. The van der Waals surface area contributed by atoms with Crippen molar-refractivity contribution in [3.8, 4) is 22.3 Å². The molecular weight excluding hydrogens is 603 g/mol. The number of rotatable bonds is 8. The van der Waals surface area contributed by atoms with Crippen molar-refractivity contribution in [3.05, 3.63) is 226 Å². The van der Waals surface area contributed by atoms with Gasteiger partial charge in [0.1, 0.15) is 0 Å². The molecule has 242 valence electrons. The quantitative estimate of drug-likeness (QED) is 0.159. The zero-order chi connectivity index (χ0) is 33.7. The highest BCUT2D eigenvalue weighted by molar-refractivity contribution is 5.87. The van der Waals surface area contributed by atoms with E-state index >= 15 is 0 Å². The Morgan fingerprint density at radius 3 is 1.38 bits per heavy atom. The summed E-state index contributed by atoms with van der Waals surface area (Å²) in [5, 5.41) is 0. The Morgan fingerprint density at radius 2 is 0.820 bits per heavy atom. The SMILES string of the molecule is CCN(Cc1ccc2c(c1)C(C)(c1ccccc1)c1ccccc1-2)Cc1ccc2c(c1)C(c1ccccc1)(c1ccccc1)c1ccccc1-2. The maximum absolute atomic E-state index is 2.58. The number of nitrogens with zero attached hydrogens (tertiary/aromatic N) is 1. The van der Waals surface area contributed by atoms with Crippen molar-refractivity contribution in [1.29, 1.82) is 0 Å². The van der Waals surface area contributed by atoms with Gasteiger partial charge in [-0.3, -0.25) is 4.90 Å². The third kappa shape index (κ3) is 4.57. The Bertz CT molecular complexity index is 2280. The lowest BCUT2D eigenvalue weighted by Crippen LogP contribution is -2.29. The summed E-state index contributed by atoms with van der Waals surface area (Å²) in [5.41, 5.74) is 17.0. The van der Waals surface area contributed by atoms with E-state index in [9.17, 15) is 0 Å². The van der Waals surface area contributed by atoms with Crippen LogP contribution in [-0.4, -0.2) is 11.4 Å². The van der Waals surface area contributed by atoms with E-state index in [0.29, 0.717) is 0 Å². The van der Waals surface area contributed by atoms with Crippen molar-refractivity contribution in [2.24, 2.45) is 0 Å². The van der Waals surface area contributed by atoms with Crippen molar-refractivity contribution in [2.75, 3.05) is 6.54 Å². The summed E-state index contributed by atoms with van der Waals surface area (Å²) in [6.45, 7) is 7.44. The molecule has 0 aromatic heterocycles. The maximum Gasteiger partial charge on any atom is 0.0713 e. The average Bonchev–Trinajstić information content (AvgIpc) is 3.62. The van der Waals surface area contributed by atoms with Crippen LogP contribution >= 0.6 is 0 Å². The number of fused-ring (bicyclic) bond motifs is 6. The van der Waals surface area contributed by atoms with Gasteiger partial charge in [-0.25, -0.2) is 0 Å². The topological polar surface area (TPSA) is 3.24 Å². The van der Waals surface area contributed by atoms with Gasteiger partial charge in [-0.15, -0.1) is 0 Å². The molecule has 7 aromatic rings. The monoisotopic (exact) mass is 643 g/mol. The predicted octanol–water partition coefficient (Wildman–Crippen LogP) is 11.4. The van der Waals surface area contributed by atoms with E-state index in [1.54, 1.807) is 0 Å². The lowest BCUT2D eigenvalue weighted by molar-refractivity contribution is 0.271. The minimum atomic E-state index is -0.377. The van der Waals surface area contributed by atoms with E-state index in [-0.39, 0.29) is 10.8 Å². The van der Waals surface area contributed by atoms with Gasteiger partial charge in [-0.2, -0.15) is 0 Å². The van der Waals surface area contributed by atoms with Crippen LogP contribution in [0, 0.1) is 0 Å². The minimum absolute atomic E-state index is 0.187. The Morgan fingerprint density at radius 1 is 0.400 bits per heavy atom. The first kappa shape index (κ1) is 30.6. The molecule has 0 spiro atoms. The van der Waals surface area contributed by atoms with E-state index < -0.39 is 0 Å². The highest BCUT2D eigenvalue weighted by atomic mass is 15.1. The first-order valence-corrected chi connectivity index (χ1v) is 18.0. The highest BCUT2D eigenvalue weighted by Gasteiger charge is 2.46. The van der Waals surface area contributed by atoms with Gasteiger partial charge in [0.15, 0.2) is 0 Å². The molecule has 0 fully saturated rings. The lowest BCUT2D eigenvalue weighted by atomic mass is 9.67. The molecule has 0 heterocycles. The molecule has 0 aliphatic heterocycles. The second-order valence-electron chi connectivity index (χ2n) is 14.1. The first-order valence-electron chi connectivity index (χ1n) is 18.0. The Balaban J connectivity index is 1.10. The van der Waals surface area contributed by atoms with E-state index in [1.165, 1.54) is 72.3 Å². The van der Waals surface area contributed by atoms with Gasteiger partial charge in [-0.1, -0.05) is 183 Å². The van der Waals surface area contributed by atoms with Crippen LogP contribution in [-0.2, 0) is 23.9 Å². The zero-order valence-corrected chi connectivity index (χ0v) is 28.8. The molecule has 0 saturated carbocycles. The molecule has 1 atom stereocenters. The van der Waals surface area contributed by atoms with Gasteiger partial charge in [0.25, 0.3) is 0 Å². The summed E-state index contributed by atoms with van der Waals surface area (Å²) < 4.78 is 0. The van der Waals surface area contributed by atoms with Crippen LogP contribution in [0.3, 0.4) is 0 Å². The van der Waals surface area contributed by atoms with Crippen LogP contribution in [0.1, 0.15) is 63.9 Å². The summed E-state index contributed by atoms with van der Waals surface area (Å²) >= 11 is 0. The molecule has 1 heteroatoms. The molecule has 0 radical (unpaired) electrons. The largest absolute Gasteiger partial charge is 0.295 e. The maximum atomic E-state index is 2.58. The summed E-state index contributed by atoms with van der Waals surface area (Å²) in [7, 11) is 0. The van der Waals surface area contributed by atoms with Crippen LogP contribution in [0.5, 0.6) is 0 Å². The smallest absolute Gasteiger partial charge is 0.0713 e. The molecule has 0 saturated heterocycles. The van der Waals surface area contributed by atoms with Crippen LogP contribution in [0.4, 0.5) is 0 Å². The van der Waals surface area contributed by atoms with Gasteiger partial charge < -0.3 is 0 Å². The third-order valence-corrected chi connectivity index (χ3v) is 11.5. The van der Waals surface area contributed by atoms with Crippen LogP contribution in [0.15, 0.2) is 176 Å². The molecule has 7 aromatic carbocycles. The Kier molecular flexibility index (Phi) is 7.41. The van der Waals surface area contributed by atoms with Crippen molar-refractivity contribution < 1.29 is 0 Å². The van der Waals surface area contributed by atoms with Crippen LogP contribution in [0.25, 0.3) is 22.3 Å². The molecule has 50 heavy (non-hydrogen) atoms. The highest BCUT2D eigenvalue weighted by Crippen LogP contribution is 2.56. The summed E-state index contributed by atoms with van der Waals surface area (Å²) in [6, 6.07) is 65.6. The van der Waals surface area contributed by atoms with E-state index in [1.807, 2.05) is 0 Å². The van der Waals surface area contributed by atoms with Crippen molar-refractivity contribution in [1.82, 2.24) is 4.90 Å². The summed E-state index contributed by atoms with van der Waals surface area (Å²) in [5.74, 6) is 0. The van der Waals surface area contributed by atoms with Crippen molar-refractivity contribution in [3.63, 3.8) is 0 Å². The van der Waals surface area contributed by atoms with Gasteiger partial charge in [0, 0.05) is 18.5 Å². The van der Waals surface area contributed by atoms with Crippen molar-refractivity contribution in [2.45, 2.75) is 37.8 Å².